The highest BCUT2D eigenvalue weighted by molar-refractivity contribution is 7.26. The normalized spacial score (nSPS) is 11.6. The summed E-state index contributed by atoms with van der Waals surface area (Å²) in [7, 11) is 0. The van der Waals surface area contributed by atoms with Crippen molar-refractivity contribution in [1.82, 2.24) is 0 Å². The molecule has 0 N–H and O–H groups in total. The number of rotatable bonds is 7. The van der Waals surface area contributed by atoms with E-state index < -0.39 is 0 Å². The largest absolute Gasteiger partial charge is 0.311 e. The van der Waals surface area contributed by atoms with Crippen molar-refractivity contribution in [3.63, 3.8) is 0 Å². The van der Waals surface area contributed by atoms with E-state index in [0.29, 0.717) is 0 Å². The van der Waals surface area contributed by atoms with Crippen molar-refractivity contribution >= 4 is 90.9 Å². The predicted octanol–water partition coefficient (Wildman–Crippen LogP) is 17.7. The van der Waals surface area contributed by atoms with Gasteiger partial charge in [0, 0.05) is 57.4 Å². The molecule has 0 aliphatic heterocycles. The number of benzene rings is 10. The summed E-state index contributed by atoms with van der Waals surface area (Å²) in [4.78, 5) is 2.38. The van der Waals surface area contributed by atoms with Gasteiger partial charge in [0.15, 0.2) is 0 Å². The highest BCUT2D eigenvalue weighted by atomic mass is 32.1. The number of fused-ring (bicyclic) bond motifs is 7. The molecule has 12 rings (SSSR count). The van der Waals surface area contributed by atoms with Crippen molar-refractivity contribution < 1.29 is 0 Å². The topological polar surface area (TPSA) is 3.24 Å². The molecule has 0 fully saturated rings. The minimum atomic E-state index is 1.10. The van der Waals surface area contributed by atoms with Crippen LogP contribution in [0, 0.1) is 0 Å². The number of hydrogen-bond acceptors (Lipinski definition) is 3. The monoisotopic (exact) mass is 811 g/mol. The second-order valence-electron chi connectivity index (χ2n) is 15.7. The lowest BCUT2D eigenvalue weighted by Crippen LogP contribution is -2.09. The van der Waals surface area contributed by atoms with Gasteiger partial charge in [-0.05, 0) is 116 Å². The van der Waals surface area contributed by atoms with Crippen molar-refractivity contribution in [3.05, 3.63) is 224 Å². The first-order chi connectivity index (χ1) is 30.2. The molecule has 0 radical (unpaired) electrons. The molecule has 61 heavy (non-hydrogen) atoms. The Hall–Kier alpha value is -7.30. The Labute approximate surface area is 362 Å². The van der Waals surface area contributed by atoms with Crippen LogP contribution in [0.1, 0.15) is 0 Å². The molecule has 0 unspecified atom stereocenters. The van der Waals surface area contributed by atoms with Crippen LogP contribution < -0.4 is 4.90 Å². The molecule has 3 heteroatoms. The average molecular weight is 812 g/mol. The van der Waals surface area contributed by atoms with Crippen LogP contribution in [0.4, 0.5) is 17.1 Å². The second-order valence-corrected chi connectivity index (χ2v) is 17.8. The minimum Gasteiger partial charge on any atom is -0.311 e. The van der Waals surface area contributed by atoms with E-state index in [0.717, 1.165) is 17.1 Å². The van der Waals surface area contributed by atoms with Crippen LogP contribution >= 0.6 is 22.7 Å². The van der Waals surface area contributed by atoms with Gasteiger partial charge in [-0.25, -0.2) is 0 Å². The minimum absolute atomic E-state index is 1.10. The van der Waals surface area contributed by atoms with Gasteiger partial charge in [-0.1, -0.05) is 164 Å². The summed E-state index contributed by atoms with van der Waals surface area (Å²) in [5.41, 5.74) is 13.1. The molecule has 0 saturated carbocycles. The van der Waals surface area contributed by atoms with E-state index in [-0.39, 0.29) is 0 Å². The lowest BCUT2D eigenvalue weighted by molar-refractivity contribution is 1.28. The Balaban J connectivity index is 0.925. The average Bonchev–Trinajstić information content (AvgIpc) is 3.91. The summed E-state index contributed by atoms with van der Waals surface area (Å²) in [5.74, 6) is 0. The fourth-order valence-corrected chi connectivity index (χ4v) is 11.5. The molecule has 12 aromatic rings. The van der Waals surface area contributed by atoms with Crippen molar-refractivity contribution in [2.45, 2.75) is 0 Å². The summed E-state index contributed by atoms with van der Waals surface area (Å²) in [5, 5.41) is 7.79. The fraction of sp³-hybridized carbons (Fsp3) is 0. The van der Waals surface area contributed by atoms with Crippen LogP contribution in [0.25, 0.3) is 95.6 Å². The standard InChI is InChI=1S/C58H37NS2/c1-2-11-42-37-45(23-22-38(42)10-1)44-13-7-12-43(36-44)39-24-30-46(31-25-39)59(47-32-26-40(27-33-47)49-16-8-18-53-51-14-3-5-20-55(51)60-57(49)53)48-34-28-41(29-35-48)50-17-9-19-54-52-15-4-6-21-56(52)61-58(50)54/h1-37H. The fourth-order valence-electron chi connectivity index (χ4n) is 9.03. The molecule has 0 saturated heterocycles. The van der Waals surface area contributed by atoms with E-state index >= 15 is 0 Å². The number of nitrogens with zero attached hydrogens (tertiary/aromatic N) is 1. The van der Waals surface area contributed by atoms with Gasteiger partial charge in [0.05, 0.1) is 0 Å². The Morgan fingerprint density at radius 1 is 0.262 bits per heavy atom. The molecule has 0 amide bonds. The highest BCUT2D eigenvalue weighted by Gasteiger charge is 2.17. The van der Waals surface area contributed by atoms with Crippen LogP contribution in [-0.2, 0) is 0 Å². The molecule has 0 aliphatic rings. The molecular formula is C58H37NS2. The SMILES string of the molecule is c1cc(-c2ccc(N(c3ccc(-c4cccc5c4sc4ccccc45)cc3)c3ccc(-c4cccc5c4sc4ccccc45)cc3)cc2)cc(-c2ccc3ccccc3c2)c1. The first-order valence-corrected chi connectivity index (χ1v) is 22.4. The predicted molar refractivity (Wildman–Crippen MR) is 266 cm³/mol. The molecule has 1 nitrogen and oxygen atoms in total. The van der Waals surface area contributed by atoms with Gasteiger partial charge in [0.2, 0.25) is 0 Å². The Kier molecular flexibility index (Phi) is 8.62. The third-order valence-electron chi connectivity index (χ3n) is 12.1. The second kappa shape index (κ2) is 14.8. The van der Waals surface area contributed by atoms with Crippen molar-refractivity contribution in [3.8, 4) is 44.5 Å². The maximum absolute atomic E-state index is 2.38. The van der Waals surface area contributed by atoms with Gasteiger partial charge in [-0.15, -0.1) is 22.7 Å². The van der Waals surface area contributed by atoms with Crippen molar-refractivity contribution in [2.24, 2.45) is 0 Å². The number of hydrogen-bond donors (Lipinski definition) is 0. The van der Waals surface area contributed by atoms with E-state index in [9.17, 15) is 0 Å². The smallest absolute Gasteiger partial charge is 0.0462 e. The number of thiophene rings is 2. The molecule has 0 atom stereocenters. The van der Waals surface area contributed by atoms with Gasteiger partial charge >= 0.3 is 0 Å². The maximum Gasteiger partial charge on any atom is 0.0462 e. The molecule has 10 aromatic carbocycles. The van der Waals surface area contributed by atoms with E-state index in [1.165, 1.54) is 95.6 Å². The quantitative estimate of drug-likeness (QED) is 0.155. The summed E-state index contributed by atoms with van der Waals surface area (Å²) < 4.78 is 5.31. The summed E-state index contributed by atoms with van der Waals surface area (Å²) in [6, 6.07) is 82.3. The van der Waals surface area contributed by atoms with E-state index in [2.05, 4.69) is 229 Å². The summed E-state index contributed by atoms with van der Waals surface area (Å²) in [6.45, 7) is 0. The van der Waals surface area contributed by atoms with Gasteiger partial charge in [0.1, 0.15) is 0 Å². The lowest BCUT2D eigenvalue weighted by Gasteiger charge is -2.26. The summed E-state index contributed by atoms with van der Waals surface area (Å²) >= 11 is 3.76. The van der Waals surface area contributed by atoms with E-state index in [4.69, 9.17) is 0 Å². The van der Waals surface area contributed by atoms with Crippen molar-refractivity contribution in [2.75, 3.05) is 4.90 Å². The highest BCUT2D eigenvalue weighted by Crippen LogP contribution is 2.44. The van der Waals surface area contributed by atoms with Crippen LogP contribution in [0.3, 0.4) is 0 Å². The zero-order valence-corrected chi connectivity index (χ0v) is 34.8. The van der Waals surface area contributed by atoms with Gasteiger partial charge in [-0.3, -0.25) is 0 Å². The first-order valence-electron chi connectivity index (χ1n) is 20.7. The van der Waals surface area contributed by atoms with Gasteiger partial charge in [0.25, 0.3) is 0 Å². The molecule has 0 spiro atoms. The molecular weight excluding hydrogens is 775 g/mol. The Bertz CT molecular complexity index is 3420. The first kappa shape index (κ1) is 35.6. The van der Waals surface area contributed by atoms with E-state index in [1.807, 2.05) is 22.7 Å². The van der Waals surface area contributed by atoms with Gasteiger partial charge in [-0.2, -0.15) is 0 Å². The molecule has 0 bridgehead atoms. The van der Waals surface area contributed by atoms with Gasteiger partial charge < -0.3 is 4.90 Å². The van der Waals surface area contributed by atoms with E-state index in [1.54, 1.807) is 0 Å². The van der Waals surface area contributed by atoms with Crippen LogP contribution in [-0.4, -0.2) is 0 Å². The zero-order chi connectivity index (χ0) is 40.3. The molecule has 286 valence electrons. The Morgan fingerprint density at radius 2 is 0.672 bits per heavy atom. The van der Waals surface area contributed by atoms with Crippen LogP contribution in [0.2, 0.25) is 0 Å². The molecule has 2 aromatic heterocycles. The third-order valence-corrected chi connectivity index (χ3v) is 14.5. The van der Waals surface area contributed by atoms with Crippen LogP contribution in [0.5, 0.6) is 0 Å². The van der Waals surface area contributed by atoms with Crippen LogP contribution in [0.15, 0.2) is 224 Å². The number of anilines is 3. The molecule has 0 aliphatic carbocycles. The molecule has 2 heterocycles. The summed E-state index contributed by atoms with van der Waals surface area (Å²) in [6.07, 6.45) is 0. The third kappa shape index (κ3) is 6.29. The zero-order valence-electron chi connectivity index (χ0n) is 33.1. The van der Waals surface area contributed by atoms with Crippen molar-refractivity contribution in [1.29, 1.82) is 0 Å². The maximum atomic E-state index is 2.38. The Morgan fingerprint density at radius 3 is 1.23 bits per heavy atom. The lowest BCUT2D eigenvalue weighted by atomic mass is 9.97.